The number of ether oxygens (including phenoxy) is 6. The molecule has 13 nitrogen and oxygen atoms in total. The van der Waals surface area contributed by atoms with Gasteiger partial charge in [0.15, 0.2) is 0 Å². The van der Waals surface area contributed by atoms with Gasteiger partial charge in [0, 0.05) is 52.1 Å². The second kappa shape index (κ2) is 12.8. The first-order chi connectivity index (χ1) is 33.8. The molecule has 0 radical (unpaired) electrons. The number of para-hydroxylation sites is 4. The largest absolute Gasteiger partial charge is 0.372 e. The van der Waals surface area contributed by atoms with Crippen molar-refractivity contribution >= 4 is 79.8 Å². The second-order valence-corrected chi connectivity index (χ2v) is 23.7. The summed E-state index contributed by atoms with van der Waals surface area (Å²) in [6.07, 6.45) is -4.35. The minimum absolute atomic E-state index is 0.0285. The van der Waals surface area contributed by atoms with Crippen LogP contribution in [-0.2, 0) is 44.6 Å². The first-order valence-electron chi connectivity index (χ1n) is 23.9. The van der Waals surface area contributed by atoms with Crippen LogP contribution in [0.3, 0.4) is 0 Å². The van der Waals surface area contributed by atoms with Crippen molar-refractivity contribution in [1.29, 1.82) is 0 Å². The van der Waals surface area contributed by atoms with Gasteiger partial charge in [0.25, 0.3) is 0 Å². The van der Waals surface area contributed by atoms with Gasteiger partial charge in [-0.25, -0.2) is 0 Å². The molecule has 2 amide bonds. The predicted octanol–water partition coefficient (Wildman–Crippen LogP) is 4.18. The number of halogens is 4. The third-order valence-corrected chi connectivity index (χ3v) is 22.7. The number of alkyl halides is 4. The highest BCUT2D eigenvalue weighted by Gasteiger charge is 3.07. The zero-order chi connectivity index (χ0) is 47.7. The summed E-state index contributed by atoms with van der Waals surface area (Å²) in [5.41, 5.74) is -2.63. The molecule has 0 spiro atoms. The van der Waals surface area contributed by atoms with Crippen LogP contribution in [0, 0.1) is 34.5 Å². The van der Waals surface area contributed by atoms with Gasteiger partial charge in [-0.15, -0.1) is 46.4 Å². The van der Waals surface area contributed by atoms with Crippen molar-refractivity contribution in [2.45, 2.75) is 86.2 Å². The molecule has 7 aliphatic heterocycles. The molecule has 10 unspecified atom stereocenters. The Labute approximate surface area is 419 Å². The number of carbonyl (C=O) groups excluding carboxylic acids is 2. The van der Waals surface area contributed by atoms with E-state index in [9.17, 15) is 0 Å². The fourth-order valence-electron chi connectivity index (χ4n) is 18.1. The smallest absolute Gasteiger partial charge is 0.242 e. The SMILES string of the molecule is COC1(OC)[C@@]2(Cl)C3N=c4ccccc4=NC3[C@]1(Cl)C1C2[C@H]2O[C@@H]1C13C(=O)N(Cc4c5ccccc5cc5ccccc45)C(=O)C21[C@H]1O[C@@H]3C2C1[C@@]1(Cl)C3N=c4ccccc4=NC3[C@]2(Cl)C1(OC)OC. The first kappa shape index (κ1) is 42.4. The van der Waals surface area contributed by atoms with E-state index in [1.807, 2.05) is 97.1 Å². The average Bonchev–Trinajstić information content (AvgIpc) is 4.25. The Morgan fingerprint density at radius 1 is 0.486 bits per heavy atom. The number of carbonyl (C=O) groups is 2. The Bertz CT molecular complexity index is 3220. The van der Waals surface area contributed by atoms with Crippen molar-refractivity contribution < 1.29 is 38.0 Å². The zero-order valence-electron chi connectivity index (χ0n) is 38.0. The number of fused-ring (bicyclic) bond motifs is 28. The number of hydrogen-bond donors (Lipinski definition) is 0. The zero-order valence-corrected chi connectivity index (χ0v) is 41.0. The monoisotopic (exact) mass is 1020 g/mol. The number of imide groups is 1. The summed E-state index contributed by atoms with van der Waals surface area (Å²) < 4.78 is 41.2. The number of likely N-dealkylation sites (tertiary alicyclic amines) is 1. The molecule has 17 heteroatoms. The first-order valence-corrected chi connectivity index (χ1v) is 25.4. The lowest BCUT2D eigenvalue weighted by atomic mass is 9.41. The molecule has 70 heavy (non-hydrogen) atoms. The van der Waals surface area contributed by atoms with Crippen LogP contribution >= 0.6 is 46.4 Å². The van der Waals surface area contributed by atoms with Crippen LogP contribution in [0.4, 0.5) is 0 Å². The van der Waals surface area contributed by atoms with Gasteiger partial charge in [-0.05, 0) is 57.4 Å². The maximum atomic E-state index is 16.9. The Kier molecular flexibility index (Phi) is 7.75. The van der Waals surface area contributed by atoms with E-state index < -0.39 is 126 Å². The summed E-state index contributed by atoms with van der Waals surface area (Å²) in [5, 5.41) is 6.39. The molecular weight excluding hydrogens is 976 g/mol. The predicted molar refractivity (Wildman–Crippen MR) is 254 cm³/mol. The molecule has 18 atom stereocenters. The summed E-state index contributed by atoms with van der Waals surface area (Å²) in [5.74, 6) is -7.49. The average molecular weight is 1020 g/mol. The van der Waals surface area contributed by atoms with Crippen molar-refractivity contribution in [3.63, 3.8) is 0 Å². The van der Waals surface area contributed by atoms with Gasteiger partial charge >= 0.3 is 0 Å². The fourth-order valence-corrected chi connectivity index (χ4v) is 21.1. The minimum atomic E-state index is -1.74. The number of methoxy groups -OCH3 is 4. The molecule has 5 aromatic carbocycles. The van der Waals surface area contributed by atoms with Crippen LogP contribution in [0.15, 0.2) is 123 Å². The maximum Gasteiger partial charge on any atom is 0.242 e. The van der Waals surface area contributed by atoms with Gasteiger partial charge in [0.2, 0.25) is 23.4 Å². The summed E-state index contributed by atoms with van der Waals surface area (Å²) in [7, 11) is 6.12. The van der Waals surface area contributed by atoms with Crippen LogP contribution in [0.5, 0.6) is 0 Å². The molecule has 356 valence electrons. The van der Waals surface area contributed by atoms with Gasteiger partial charge in [-0.2, -0.15) is 0 Å². The molecule has 0 aromatic heterocycles. The van der Waals surface area contributed by atoms with E-state index in [-0.39, 0.29) is 6.54 Å². The van der Waals surface area contributed by atoms with Gasteiger partial charge in [-0.3, -0.25) is 34.5 Å². The second-order valence-electron chi connectivity index (χ2n) is 21.2. The van der Waals surface area contributed by atoms with Crippen LogP contribution in [0.25, 0.3) is 21.5 Å². The summed E-state index contributed by atoms with van der Waals surface area (Å²) in [6, 6.07) is 30.2. The number of rotatable bonds is 6. The van der Waals surface area contributed by atoms with E-state index >= 15 is 9.59 Å². The molecule has 8 bridgehead atoms. The molecule has 4 aliphatic carbocycles. The molecule has 16 rings (SSSR count). The van der Waals surface area contributed by atoms with Crippen molar-refractivity contribution in [2.75, 3.05) is 28.4 Å². The topological polar surface area (TPSA) is 142 Å². The third-order valence-electron chi connectivity index (χ3n) is 19.8. The van der Waals surface area contributed by atoms with Crippen LogP contribution in [0.2, 0.25) is 0 Å². The third kappa shape index (κ3) is 3.71. The summed E-state index contributed by atoms with van der Waals surface area (Å²) in [6.45, 7) is -0.0285. The molecule has 0 N–H and O–H groups in total. The van der Waals surface area contributed by atoms with E-state index in [2.05, 4.69) is 6.07 Å². The number of benzene rings is 5. The summed E-state index contributed by atoms with van der Waals surface area (Å²) in [4.78, 5) is 50.1. The maximum absolute atomic E-state index is 16.9. The summed E-state index contributed by atoms with van der Waals surface area (Å²) >= 11 is 33.7. The normalized spacial score (nSPS) is 46.4. The van der Waals surface area contributed by atoms with Crippen LogP contribution in [-0.4, -0.2) is 125 Å². The van der Waals surface area contributed by atoms with Gasteiger partial charge in [-0.1, -0.05) is 72.8 Å². The Morgan fingerprint density at radius 2 is 0.786 bits per heavy atom. The van der Waals surface area contributed by atoms with Crippen molar-refractivity contribution in [2.24, 2.45) is 54.5 Å². The van der Waals surface area contributed by atoms with Crippen molar-refractivity contribution in [3.8, 4) is 0 Å². The van der Waals surface area contributed by atoms with E-state index in [4.69, 9.17) is 94.8 Å². The number of amides is 2. The van der Waals surface area contributed by atoms with Crippen molar-refractivity contribution in [1.82, 2.24) is 4.90 Å². The molecule has 9 fully saturated rings. The number of nitrogens with zero attached hydrogens (tertiary/aromatic N) is 5. The van der Waals surface area contributed by atoms with E-state index in [0.717, 1.165) is 27.1 Å². The van der Waals surface area contributed by atoms with Gasteiger partial charge in [0.05, 0.1) is 76.6 Å². The fraction of sp³-hybridized carbons (Fsp3) is 0.472. The lowest BCUT2D eigenvalue weighted by Crippen LogP contribution is -2.74. The highest BCUT2D eigenvalue weighted by Crippen LogP contribution is 2.90. The number of hydrogen-bond acceptors (Lipinski definition) is 12. The van der Waals surface area contributed by atoms with Gasteiger partial charge < -0.3 is 28.4 Å². The lowest BCUT2D eigenvalue weighted by Gasteiger charge is -2.57. The lowest BCUT2D eigenvalue weighted by molar-refractivity contribution is -0.236. The molecule has 4 saturated carbocycles. The van der Waals surface area contributed by atoms with E-state index in [1.54, 1.807) is 0 Å². The van der Waals surface area contributed by atoms with E-state index in [0.29, 0.717) is 21.4 Å². The standard InChI is InChI=1S/C53H43Cl4N5O8/c1-65-52(66-2)48(54)32-33(49(52,55)37-36(48)58-28-17-9-10-18-29(28)59-37)41-47-43-35-34(50(56)38-39(51(35,57)53(50,67-3)68-4)61-31-20-12-11-19-30(31)60-38)42(70-43)46(47,40(32)69-41)44(63)62(45(47)64)22-27-25-15-7-5-13-23(25)21-24-14-6-8-16-26(24)27/h5-21,32-43H,22H2,1-4H3/t32?,33?,34?,35?,36?,37?,38?,39?,40-,41+,42+,43-,46?,47?,48+,49-,50-,51+. The molecular formula is C53H43Cl4N5O8. The Balaban J connectivity index is 0.966. The van der Waals surface area contributed by atoms with Gasteiger partial charge in [0.1, 0.15) is 30.3 Å². The van der Waals surface area contributed by atoms with Crippen LogP contribution < -0.4 is 21.4 Å². The van der Waals surface area contributed by atoms with Crippen LogP contribution in [0.1, 0.15) is 5.56 Å². The Morgan fingerprint density at radius 3 is 1.10 bits per heavy atom. The highest BCUT2D eigenvalue weighted by molar-refractivity contribution is 6.34. The minimum Gasteiger partial charge on any atom is -0.372 e. The van der Waals surface area contributed by atoms with E-state index in [1.165, 1.54) is 33.3 Å². The molecule has 5 aromatic rings. The molecule has 11 aliphatic rings. The highest BCUT2D eigenvalue weighted by atomic mass is 35.5. The molecule has 7 heterocycles. The quantitative estimate of drug-likeness (QED) is 0.107. The van der Waals surface area contributed by atoms with Crippen molar-refractivity contribution in [3.05, 3.63) is 130 Å². The Hall–Kier alpha value is -4.12. The molecule has 5 saturated heterocycles.